The highest BCUT2D eigenvalue weighted by molar-refractivity contribution is 6.04. The molecule has 0 spiro atoms. The van der Waals surface area contributed by atoms with Gasteiger partial charge in [-0.2, -0.15) is 10.2 Å². The number of rotatable bonds is 5. The molecule has 0 unspecified atom stereocenters. The molecule has 26 heavy (non-hydrogen) atoms. The van der Waals surface area contributed by atoms with Crippen LogP contribution in [0.5, 0.6) is 0 Å². The lowest BCUT2D eigenvalue weighted by molar-refractivity contribution is 0.0926. The standard InChI is InChI=1S/C18H17N5O3/c1-12(21-22-18(25)16-4-3-11-26-16)13-5-7-14(8-6-13)20-17(24)15-9-10-19-23(15)2/h3-11H,1-2H3,(H,20,24)(H,22,25)/b21-12+. The fraction of sp³-hybridized carbons (Fsp3) is 0.111. The van der Waals surface area contributed by atoms with Gasteiger partial charge >= 0.3 is 5.91 Å². The lowest BCUT2D eigenvalue weighted by Crippen LogP contribution is -2.18. The van der Waals surface area contributed by atoms with E-state index in [2.05, 4.69) is 20.9 Å². The van der Waals surface area contributed by atoms with Crippen molar-refractivity contribution in [3.63, 3.8) is 0 Å². The predicted octanol–water partition coefficient (Wildman–Crippen LogP) is 2.42. The molecule has 2 heterocycles. The third kappa shape index (κ3) is 3.86. The molecule has 132 valence electrons. The number of aromatic nitrogens is 2. The molecule has 0 fully saturated rings. The molecule has 8 nitrogen and oxygen atoms in total. The first-order valence-electron chi connectivity index (χ1n) is 7.82. The van der Waals surface area contributed by atoms with E-state index in [0.717, 1.165) is 5.56 Å². The van der Waals surface area contributed by atoms with E-state index in [1.54, 1.807) is 62.6 Å². The van der Waals surface area contributed by atoms with Gasteiger partial charge in [-0.05, 0) is 42.8 Å². The van der Waals surface area contributed by atoms with Gasteiger partial charge in [0.05, 0.1) is 12.0 Å². The molecule has 0 aliphatic heterocycles. The molecule has 3 rings (SSSR count). The van der Waals surface area contributed by atoms with Gasteiger partial charge in [0.2, 0.25) is 0 Å². The molecule has 0 atom stereocenters. The van der Waals surface area contributed by atoms with Gasteiger partial charge in [-0.3, -0.25) is 14.3 Å². The van der Waals surface area contributed by atoms with Crippen molar-refractivity contribution >= 4 is 23.2 Å². The summed E-state index contributed by atoms with van der Waals surface area (Å²) in [4.78, 5) is 23.9. The van der Waals surface area contributed by atoms with Crippen LogP contribution in [-0.2, 0) is 7.05 Å². The van der Waals surface area contributed by atoms with Gasteiger partial charge in [0, 0.05) is 18.9 Å². The van der Waals surface area contributed by atoms with E-state index in [1.165, 1.54) is 10.9 Å². The second-order valence-corrected chi connectivity index (χ2v) is 5.49. The minimum atomic E-state index is -0.422. The molecular formula is C18H17N5O3. The smallest absolute Gasteiger partial charge is 0.307 e. The number of carbonyl (C=O) groups excluding carboxylic acids is 2. The summed E-state index contributed by atoms with van der Waals surface area (Å²) in [5.41, 5.74) is 4.97. The summed E-state index contributed by atoms with van der Waals surface area (Å²) in [5.74, 6) is -0.474. The number of amides is 2. The summed E-state index contributed by atoms with van der Waals surface area (Å²) in [6, 6.07) is 12.0. The summed E-state index contributed by atoms with van der Waals surface area (Å²) >= 11 is 0. The summed E-state index contributed by atoms with van der Waals surface area (Å²) in [5, 5.41) is 10.8. The Morgan fingerprint density at radius 2 is 1.88 bits per heavy atom. The maximum atomic E-state index is 12.2. The number of hydrazone groups is 1. The zero-order chi connectivity index (χ0) is 18.5. The summed E-state index contributed by atoms with van der Waals surface area (Å²) in [7, 11) is 1.70. The van der Waals surface area contributed by atoms with Crippen LogP contribution in [0.1, 0.15) is 33.5 Å². The third-order valence-corrected chi connectivity index (χ3v) is 3.68. The SMILES string of the molecule is C/C(=N\NC(=O)c1ccco1)c1ccc(NC(=O)c2ccnn2C)cc1. The Bertz CT molecular complexity index is 940. The number of benzene rings is 1. The van der Waals surface area contributed by atoms with Crippen LogP contribution >= 0.6 is 0 Å². The van der Waals surface area contributed by atoms with Gasteiger partial charge < -0.3 is 9.73 Å². The van der Waals surface area contributed by atoms with E-state index in [4.69, 9.17) is 4.42 Å². The largest absolute Gasteiger partial charge is 0.459 e. The molecule has 2 N–H and O–H groups in total. The lowest BCUT2D eigenvalue weighted by Gasteiger charge is -2.07. The Morgan fingerprint density at radius 1 is 1.12 bits per heavy atom. The average molecular weight is 351 g/mol. The number of hydrogen-bond acceptors (Lipinski definition) is 5. The van der Waals surface area contributed by atoms with Gasteiger partial charge in [0.15, 0.2) is 5.76 Å². The van der Waals surface area contributed by atoms with Crippen LogP contribution in [0, 0.1) is 0 Å². The summed E-state index contributed by atoms with van der Waals surface area (Å²) < 4.78 is 6.50. The molecule has 2 aromatic heterocycles. The van der Waals surface area contributed by atoms with Crippen LogP contribution in [0.25, 0.3) is 0 Å². The van der Waals surface area contributed by atoms with Crippen molar-refractivity contribution in [2.45, 2.75) is 6.92 Å². The van der Waals surface area contributed by atoms with E-state index in [9.17, 15) is 9.59 Å². The highest BCUT2D eigenvalue weighted by Crippen LogP contribution is 2.12. The third-order valence-electron chi connectivity index (χ3n) is 3.68. The van der Waals surface area contributed by atoms with Crippen molar-refractivity contribution in [3.8, 4) is 0 Å². The van der Waals surface area contributed by atoms with Crippen molar-refractivity contribution in [1.82, 2.24) is 15.2 Å². The molecule has 1 aromatic carbocycles. The molecule has 0 bridgehead atoms. The number of aryl methyl sites for hydroxylation is 1. The summed E-state index contributed by atoms with van der Waals surface area (Å²) in [6.07, 6.45) is 2.98. The Morgan fingerprint density at radius 3 is 2.50 bits per heavy atom. The second kappa shape index (κ2) is 7.47. The van der Waals surface area contributed by atoms with Crippen molar-refractivity contribution in [1.29, 1.82) is 0 Å². The number of hydrogen-bond donors (Lipinski definition) is 2. The predicted molar refractivity (Wildman–Crippen MR) is 96.0 cm³/mol. The maximum absolute atomic E-state index is 12.2. The molecule has 0 saturated carbocycles. The Hall–Kier alpha value is -3.68. The van der Waals surface area contributed by atoms with Crippen LogP contribution in [0.3, 0.4) is 0 Å². The Balaban J connectivity index is 1.63. The monoisotopic (exact) mass is 351 g/mol. The normalized spacial score (nSPS) is 11.2. The molecule has 2 amide bonds. The van der Waals surface area contributed by atoms with E-state index in [0.29, 0.717) is 17.1 Å². The number of nitrogens with zero attached hydrogens (tertiary/aromatic N) is 3. The van der Waals surface area contributed by atoms with Crippen LogP contribution < -0.4 is 10.7 Å². The number of carbonyl (C=O) groups is 2. The first-order valence-corrected chi connectivity index (χ1v) is 7.82. The minimum absolute atomic E-state index is 0.190. The minimum Gasteiger partial charge on any atom is -0.459 e. The number of anilines is 1. The van der Waals surface area contributed by atoms with Gasteiger partial charge in [0.1, 0.15) is 5.69 Å². The van der Waals surface area contributed by atoms with Crippen LogP contribution in [0.15, 0.2) is 64.4 Å². The number of furan rings is 1. The molecule has 8 heteroatoms. The molecular weight excluding hydrogens is 334 g/mol. The van der Waals surface area contributed by atoms with Crippen LogP contribution in [0.2, 0.25) is 0 Å². The van der Waals surface area contributed by atoms with Gasteiger partial charge in [-0.25, -0.2) is 5.43 Å². The number of nitrogens with one attached hydrogen (secondary N) is 2. The highest BCUT2D eigenvalue weighted by Gasteiger charge is 2.10. The van der Waals surface area contributed by atoms with E-state index < -0.39 is 5.91 Å². The molecule has 0 saturated heterocycles. The fourth-order valence-corrected chi connectivity index (χ4v) is 2.25. The lowest BCUT2D eigenvalue weighted by atomic mass is 10.1. The van der Waals surface area contributed by atoms with Crippen LogP contribution in [-0.4, -0.2) is 27.3 Å². The average Bonchev–Trinajstić information content (AvgIpc) is 3.31. The topological polar surface area (TPSA) is 102 Å². The quantitative estimate of drug-likeness (QED) is 0.544. The Kier molecular flexibility index (Phi) is 4.93. The molecule has 3 aromatic rings. The molecule has 0 aliphatic carbocycles. The first-order chi connectivity index (χ1) is 12.5. The zero-order valence-electron chi connectivity index (χ0n) is 14.3. The van der Waals surface area contributed by atoms with Gasteiger partial charge in [-0.1, -0.05) is 12.1 Å². The van der Waals surface area contributed by atoms with Gasteiger partial charge in [-0.15, -0.1) is 0 Å². The fourth-order valence-electron chi connectivity index (χ4n) is 2.25. The van der Waals surface area contributed by atoms with Crippen molar-refractivity contribution in [2.75, 3.05) is 5.32 Å². The van der Waals surface area contributed by atoms with Gasteiger partial charge in [0.25, 0.3) is 5.91 Å². The zero-order valence-corrected chi connectivity index (χ0v) is 14.3. The molecule has 0 radical (unpaired) electrons. The first kappa shape index (κ1) is 17.2. The van der Waals surface area contributed by atoms with E-state index >= 15 is 0 Å². The molecule has 0 aliphatic rings. The Labute approximate surface area is 149 Å². The van der Waals surface area contributed by atoms with Crippen LogP contribution in [0.4, 0.5) is 5.69 Å². The van der Waals surface area contributed by atoms with Crippen molar-refractivity contribution in [3.05, 3.63) is 71.9 Å². The summed E-state index contributed by atoms with van der Waals surface area (Å²) in [6.45, 7) is 1.77. The highest BCUT2D eigenvalue weighted by atomic mass is 16.3. The second-order valence-electron chi connectivity index (χ2n) is 5.49. The van der Waals surface area contributed by atoms with E-state index in [1.807, 2.05) is 0 Å². The van der Waals surface area contributed by atoms with Crippen molar-refractivity contribution < 1.29 is 14.0 Å². The van der Waals surface area contributed by atoms with Crippen molar-refractivity contribution in [2.24, 2.45) is 12.1 Å². The van der Waals surface area contributed by atoms with E-state index in [-0.39, 0.29) is 11.7 Å². The maximum Gasteiger partial charge on any atom is 0.307 e.